The summed E-state index contributed by atoms with van der Waals surface area (Å²) in [6, 6.07) is 10.5. The summed E-state index contributed by atoms with van der Waals surface area (Å²) < 4.78 is 24.7. The van der Waals surface area contributed by atoms with Gasteiger partial charge in [0.25, 0.3) is 15.7 Å². The third kappa shape index (κ3) is 4.55. The molecular formula is C16H16ClN3O4S. The standard InChI is InChI=1S/C16H16ClN3O4S/c1-3-15(12-5-7-13(17)8-6-12)18-19-25(23,24)14-9-4-11(2)16(10-14)20(21)22/h4-10,19H,3H2,1-2H3/b18-15+. The maximum absolute atomic E-state index is 12.4. The van der Waals surface area contributed by atoms with E-state index >= 15 is 0 Å². The monoisotopic (exact) mass is 381 g/mol. The van der Waals surface area contributed by atoms with E-state index in [0.29, 0.717) is 22.7 Å². The van der Waals surface area contributed by atoms with Gasteiger partial charge in [-0.15, -0.1) is 0 Å². The minimum atomic E-state index is -4.02. The second-order valence-corrected chi connectivity index (χ2v) is 7.32. The molecule has 132 valence electrons. The first-order valence-electron chi connectivity index (χ1n) is 7.34. The molecule has 2 rings (SSSR count). The van der Waals surface area contributed by atoms with E-state index in [-0.39, 0.29) is 10.6 Å². The topological polar surface area (TPSA) is 102 Å². The summed E-state index contributed by atoms with van der Waals surface area (Å²) in [5, 5.41) is 15.5. The van der Waals surface area contributed by atoms with Crippen molar-refractivity contribution in [3.05, 3.63) is 68.7 Å². The van der Waals surface area contributed by atoms with Crippen molar-refractivity contribution in [3.8, 4) is 0 Å². The van der Waals surface area contributed by atoms with Crippen LogP contribution >= 0.6 is 11.6 Å². The van der Waals surface area contributed by atoms with Gasteiger partial charge in [0.15, 0.2) is 0 Å². The average Bonchev–Trinajstić information content (AvgIpc) is 2.56. The lowest BCUT2D eigenvalue weighted by molar-refractivity contribution is -0.385. The Morgan fingerprint density at radius 3 is 2.44 bits per heavy atom. The Kier molecular flexibility index (Phi) is 5.76. The van der Waals surface area contributed by atoms with Gasteiger partial charge in [0, 0.05) is 16.7 Å². The number of nitro groups is 1. The lowest BCUT2D eigenvalue weighted by atomic mass is 10.1. The molecule has 2 aromatic carbocycles. The highest BCUT2D eigenvalue weighted by atomic mass is 35.5. The molecule has 1 N–H and O–H groups in total. The minimum absolute atomic E-state index is 0.222. The van der Waals surface area contributed by atoms with Gasteiger partial charge in [0.1, 0.15) is 0 Å². The molecule has 0 saturated heterocycles. The summed E-state index contributed by atoms with van der Waals surface area (Å²) in [4.78, 5) is 12.3. The second-order valence-electron chi connectivity index (χ2n) is 5.22. The van der Waals surface area contributed by atoms with Gasteiger partial charge < -0.3 is 0 Å². The zero-order valence-corrected chi connectivity index (χ0v) is 15.1. The van der Waals surface area contributed by atoms with Crippen LogP contribution in [0, 0.1) is 17.0 Å². The van der Waals surface area contributed by atoms with Crippen LogP contribution in [0.4, 0.5) is 5.69 Å². The SMILES string of the molecule is CC/C(=N\NS(=O)(=O)c1ccc(C)c([N+](=O)[O-])c1)c1ccc(Cl)cc1. The van der Waals surface area contributed by atoms with Crippen molar-refractivity contribution in [3.63, 3.8) is 0 Å². The van der Waals surface area contributed by atoms with E-state index < -0.39 is 14.9 Å². The molecule has 0 fully saturated rings. The van der Waals surface area contributed by atoms with Crippen molar-refractivity contribution < 1.29 is 13.3 Å². The fourth-order valence-corrected chi connectivity index (χ4v) is 3.09. The first-order chi connectivity index (χ1) is 11.7. The molecule has 25 heavy (non-hydrogen) atoms. The fraction of sp³-hybridized carbons (Fsp3) is 0.188. The van der Waals surface area contributed by atoms with E-state index in [9.17, 15) is 18.5 Å². The predicted molar refractivity (Wildman–Crippen MR) is 96.4 cm³/mol. The third-order valence-corrected chi connectivity index (χ3v) is 4.96. The van der Waals surface area contributed by atoms with Gasteiger partial charge in [-0.25, -0.2) is 0 Å². The highest BCUT2D eigenvalue weighted by molar-refractivity contribution is 7.89. The van der Waals surface area contributed by atoms with Crippen molar-refractivity contribution in [1.82, 2.24) is 4.83 Å². The van der Waals surface area contributed by atoms with Crippen molar-refractivity contribution in [2.75, 3.05) is 0 Å². The number of hydrazone groups is 1. The van der Waals surface area contributed by atoms with Crippen molar-refractivity contribution >= 4 is 33.0 Å². The number of nitro benzene ring substituents is 1. The first-order valence-corrected chi connectivity index (χ1v) is 9.20. The fourth-order valence-electron chi connectivity index (χ4n) is 2.11. The third-order valence-electron chi connectivity index (χ3n) is 3.50. The molecule has 0 saturated carbocycles. The van der Waals surface area contributed by atoms with Gasteiger partial charge in [0.05, 0.1) is 15.5 Å². The van der Waals surface area contributed by atoms with Crippen molar-refractivity contribution in [2.45, 2.75) is 25.2 Å². The van der Waals surface area contributed by atoms with Gasteiger partial charge >= 0.3 is 0 Å². The molecule has 0 amide bonds. The lowest BCUT2D eigenvalue weighted by Crippen LogP contribution is -2.20. The maximum atomic E-state index is 12.4. The zero-order valence-electron chi connectivity index (χ0n) is 13.6. The first kappa shape index (κ1) is 18.9. The number of hydrogen-bond acceptors (Lipinski definition) is 5. The number of rotatable bonds is 6. The van der Waals surface area contributed by atoms with Crippen LogP contribution in [0.3, 0.4) is 0 Å². The molecule has 0 atom stereocenters. The Bertz CT molecular complexity index is 925. The quantitative estimate of drug-likeness (QED) is 0.468. The molecule has 9 heteroatoms. The molecule has 0 radical (unpaired) electrons. The highest BCUT2D eigenvalue weighted by Crippen LogP contribution is 2.22. The summed E-state index contributed by atoms with van der Waals surface area (Å²) in [7, 11) is -4.02. The van der Waals surface area contributed by atoms with Gasteiger partial charge in [-0.3, -0.25) is 10.1 Å². The second kappa shape index (κ2) is 7.62. The van der Waals surface area contributed by atoms with Crippen LogP contribution in [-0.4, -0.2) is 19.1 Å². The Morgan fingerprint density at radius 2 is 1.88 bits per heavy atom. The lowest BCUT2D eigenvalue weighted by Gasteiger charge is -2.08. The average molecular weight is 382 g/mol. The number of nitrogens with one attached hydrogen (secondary N) is 1. The van der Waals surface area contributed by atoms with Crippen LogP contribution in [0.1, 0.15) is 24.5 Å². The molecule has 0 heterocycles. The van der Waals surface area contributed by atoms with Crippen LogP contribution in [0.5, 0.6) is 0 Å². The van der Waals surface area contributed by atoms with Gasteiger partial charge in [-0.2, -0.15) is 18.4 Å². The van der Waals surface area contributed by atoms with E-state index in [1.807, 2.05) is 6.92 Å². The van der Waals surface area contributed by atoms with Gasteiger partial charge in [0.2, 0.25) is 0 Å². The summed E-state index contributed by atoms with van der Waals surface area (Å²) in [6.07, 6.45) is 0.484. The normalized spacial score (nSPS) is 12.0. The van der Waals surface area contributed by atoms with Crippen LogP contribution in [0.2, 0.25) is 5.02 Å². The Morgan fingerprint density at radius 1 is 1.24 bits per heavy atom. The summed E-state index contributed by atoms with van der Waals surface area (Å²) in [5.41, 5.74) is 1.36. The van der Waals surface area contributed by atoms with E-state index in [1.54, 1.807) is 24.3 Å². The summed E-state index contributed by atoms with van der Waals surface area (Å²) in [5.74, 6) is 0. The molecule has 0 aromatic heterocycles. The van der Waals surface area contributed by atoms with E-state index in [4.69, 9.17) is 11.6 Å². The number of nitrogens with zero attached hydrogens (tertiary/aromatic N) is 2. The Balaban J connectivity index is 2.33. The molecule has 0 aliphatic rings. The number of sulfonamides is 1. The van der Waals surface area contributed by atoms with E-state index in [0.717, 1.165) is 11.6 Å². The van der Waals surface area contributed by atoms with Crippen LogP contribution in [0.15, 0.2) is 52.5 Å². The number of halogens is 1. The largest absolute Gasteiger partial charge is 0.276 e. The Hall–Kier alpha value is -2.45. The molecule has 2 aromatic rings. The van der Waals surface area contributed by atoms with Crippen molar-refractivity contribution in [1.29, 1.82) is 0 Å². The predicted octanol–water partition coefficient (Wildman–Crippen LogP) is 3.65. The Labute approximate surface area is 150 Å². The molecular weight excluding hydrogens is 366 g/mol. The van der Waals surface area contributed by atoms with E-state index in [1.165, 1.54) is 19.1 Å². The van der Waals surface area contributed by atoms with E-state index in [2.05, 4.69) is 9.93 Å². The highest BCUT2D eigenvalue weighted by Gasteiger charge is 2.19. The number of hydrogen-bond donors (Lipinski definition) is 1. The minimum Gasteiger partial charge on any atom is -0.258 e. The molecule has 0 aliphatic heterocycles. The summed E-state index contributed by atoms with van der Waals surface area (Å²) >= 11 is 5.84. The number of aryl methyl sites for hydroxylation is 1. The number of benzene rings is 2. The molecule has 0 aliphatic carbocycles. The van der Waals surface area contributed by atoms with Gasteiger partial charge in [-0.1, -0.05) is 36.7 Å². The molecule has 0 bridgehead atoms. The summed E-state index contributed by atoms with van der Waals surface area (Å²) in [6.45, 7) is 3.37. The maximum Gasteiger partial charge on any atom is 0.276 e. The zero-order chi connectivity index (χ0) is 18.6. The van der Waals surface area contributed by atoms with Crippen LogP contribution < -0.4 is 4.83 Å². The molecule has 0 spiro atoms. The van der Waals surface area contributed by atoms with Crippen LogP contribution in [0.25, 0.3) is 0 Å². The molecule has 7 nitrogen and oxygen atoms in total. The smallest absolute Gasteiger partial charge is 0.258 e. The molecule has 0 unspecified atom stereocenters. The van der Waals surface area contributed by atoms with Crippen LogP contribution in [-0.2, 0) is 10.0 Å². The van der Waals surface area contributed by atoms with Crippen molar-refractivity contribution in [2.24, 2.45) is 5.10 Å². The van der Waals surface area contributed by atoms with Gasteiger partial charge in [-0.05, 0) is 37.1 Å².